The predicted octanol–water partition coefficient (Wildman–Crippen LogP) is 2.49. The van der Waals surface area contributed by atoms with Crippen LogP contribution in [0.4, 0.5) is 4.39 Å². The number of ether oxygens (including phenoxy) is 1. The summed E-state index contributed by atoms with van der Waals surface area (Å²) >= 11 is 0. The molecule has 1 aliphatic heterocycles. The van der Waals surface area contributed by atoms with Gasteiger partial charge in [-0.15, -0.1) is 0 Å². The summed E-state index contributed by atoms with van der Waals surface area (Å²) in [6.07, 6.45) is 2.19. The van der Waals surface area contributed by atoms with E-state index >= 15 is 0 Å². The number of morpholine rings is 1. The molecule has 1 aromatic heterocycles. The predicted molar refractivity (Wildman–Crippen MR) is 92.3 cm³/mol. The maximum Gasteiger partial charge on any atom is 0.273 e. The molecule has 2 aromatic rings. The zero-order valence-corrected chi connectivity index (χ0v) is 14.5. The standard InChI is InChI=1S/C19H22FN3O3/c20-15-5-3-13(4-6-15)17(23-7-9-25-10-8-23)12-21-19(24)16-11-18(26-22-16)14-1-2-14/h3-6,11,14,17H,1-2,7-10,12H2,(H,21,24). The minimum absolute atomic E-state index is 0.0433. The minimum Gasteiger partial charge on any atom is -0.379 e. The molecule has 1 saturated carbocycles. The van der Waals surface area contributed by atoms with Crippen molar-refractivity contribution in [2.24, 2.45) is 0 Å². The zero-order chi connectivity index (χ0) is 17.9. The number of amides is 1. The van der Waals surface area contributed by atoms with Gasteiger partial charge in [0, 0.05) is 31.6 Å². The van der Waals surface area contributed by atoms with Crippen LogP contribution >= 0.6 is 0 Å². The fourth-order valence-electron chi connectivity index (χ4n) is 3.27. The maximum atomic E-state index is 13.3. The van der Waals surface area contributed by atoms with E-state index in [4.69, 9.17) is 9.26 Å². The van der Waals surface area contributed by atoms with E-state index in [0.717, 1.165) is 37.3 Å². The van der Waals surface area contributed by atoms with E-state index in [0.29, 0.717) is 31.4 Å². The summed E-state index contributed by atoms with van der Waals surface area (Å²) in [6, 6.07) is 8.12. The molecule has 1 N–H and O–H groups in total. The number of carbonyl (C=O) groups is 1. The maximum absolute atomic E-state index is 13.3. The number of hydrogen-bond acceptors (Lipinski definition) is 5. The number of rotatable bonds is 6. The number of aromatic nitrogens is 1. The van der Waals surface area contributed by atoms with Crippen molar-refractivity contribution in [2.45, 2.75) is 24.8 Å². The van der Waals surface area contributed by atoms with Gasteiger partial charge in [0.05, 0.1) is 19.3 Å². The molecule has 4 rings (SSSR count). The summed E-state index contributed by atoms with van der Waals surface area (Å²) in [5.41, 5.74) is 1.28. The molecule has 2 fully saturated rings. The van der Waals surface area contributed by atoms with Gasteiger partial charge in [0.15, 0.2) is 5.69 Å². The van der Waals surface area contributed by atoms with Crippen LogP contribution in [-0.2, 0) is 4.74 Å². The molecular formula is C19H22FN3O3. The lowest BCUT2D eigenvalue weighted by atomic mass is 10.0. The molecule has 0 spiro atoms. The topological polar surface area (TPSA) is 67.6 Å². The van der Waals surface area contributed by atoms with Gasteiger partial charge in [0.1, 0.15) is 11.6 Å². The van der Waals surface area contributed by atoms with Crippen molar-refractivity contribution in [3.05, 3.63) is 53.2 Å². The first-order valence-corrected chi connectivity index (χ1v) is 9.03. The van der Waals surface area contributed by atoms with Gasteiger partial charge < -0.3 is 14.6 Å². The van der Waals surface area contributed by atoms with Crippen molar-refractivity contribution in [2.75, 3.05) is 32.8 Å². The van der Waals surface area contributed by atoms with Crippen molar-refractivity contribution >= 4 is 5.91 Å². The van der Waals surface area contributed by atoms with E-state index in [1.807, 2.05) is 0 Å². The highest BCUT2D eigenvalue weighted by molar-refractivity contribution is 5.92. The Morgan fingerprint density at radius 1 is 1.27 bits per heavy atom. The van der Waals surface area contributed by atoms with Crippen molar-refractivity contribution in [3.63, 3.8) is 0 Å². The second-order valence-corrected chi connectivity index (χ2v) is 6.81. The van der Waals surface area contributed by atoms with Crippen LogP contribution < -0.4 is 5.32 Å². The summed E-state index contributed by atoms with van der Waals surface area (Å²) in [5.74, 6) is 0.692. The molecule has 2 aliphatic rings. The average molecular weight is 359 g/mol. The Hall–Kier alpha value is -2.25. The summed E-state index contributed by atoms with van der Waals surface area (Å²) in [7, 11) is 0. The molecule has 26 heavy (non-hydrogen) atoms. The minimum atomic E-state index is -0.270. The third kappa shape index (κ3) is 3.94. The third-order valence-electron chi connectivity index (χ3n) is 4.94. The van der Waals surface area contributed by atoms with Gasteiger partial charge in [-0.25, -0.2) is 4.39 Å². The molecule has 1 aromatic carbocycles. The molecule has 1 aliphatic carbocycles. The largest absolute Gasteiger partial charge is 0.379 e. The van der Waals surface area contributed by atoms with Gasteiger partial charge in [-0.05, 0) is 30.5 Å². The van der Waals surface area contributed by atoms with Gasteiger partial charge >= 0.3 is 0 Å². The molecule has 7 heteroatoms. The monoisotopic (exact) mass is 359 g/mol. The van der Waals surface area contributed by atoms with Crippen LogP contribution in [0.25, 0.3) is 0 Å². The van der Waals surface area contributed by atoms with E-state index in [1.165, 1.54) is 12.1 Å². The summed E-state index contributed by atoms with van der Waals surface area (Å²) in [5, 5.41) is 6.83. The van der Waals surface area contributed by atoms with Crippen molar-refractivity contribution in [1.82, 2.24) is 15.4 Å². The number of benzene rings is 1. The molecule has 2 heterocycles. The smallest absolute Gasteiger partial charge is 0.273 e. The van der Waals surface area contributed by atoms with Gasteiger partial charge in [-0.3, -0.25) is 9.69 Å². The van der Waals surface area contributed by atoms with E-state index in [2.05, 4.69) is 15.4 Å². The second-order valence-electron chi connectivity index (χ2n) is 6.81. The number of nitrogens with zero attached hydrogens (tertiary/aromatic N) is 2. The van der Waals surface area contributed by atoms with Crippen LogP contribution in [0.15, 0.2) is 34.9 Å². The molecule has 0 radical (unpaired) electrons. The van der Waals surface area contributed by atoms with Crippen LogP contribution in [0.1, 0.15) is 46.6 Å². The van der Waals surface area contributed by atoms with Crippen LogP contribution in [0.3, 0.4) is 0 Å². The van der Waals surface area contributed by atoms with E-state index in [1.54, 1.807) is 18.2 Å². The molecule has 1 unspecified atom stereocenters. The van der Waals surface area contributed by atoms with Gasteiger partial charge in [-0.1, -0.05) is 17.3 Å². The Kier molecular flexibility index (Phi) is 4.99. The SMILES string of the molecule is O=C(NCC(c1ccc(F)cc1)N1CCOCC1)c1cc(C2CC2)on1. The van der Waals surface area contributed by atoms with E-state index in [-0.39, 0.29) is 17.8 Å². The fraction of sp³-hybridized carbons (Fsp3) is 0.474. The summed E-state index contributed by atoms with van der Waals surface area (Å²) < 4.78 is 23.9. The van der Waals surface area contributed by atoms with Crippen LogP contribution in [0.5, 0.6) is 0 Å². The van der Waals surface area contributed by atoms with Gasteiger partial charge in [-0.2, -0.15) is 0 Å². The lowest BCUT2D eigenvalue weighted by Gasteiger charge is -2.34. The lowest BCUT2D eigenvalue weighted by molar-refractivity contribution is 0.0162. The fourth-order valence-corrected chi connectivity index (χ4v) is 3.27. The lowest BCUT2D eigenvalue weighted by Crippen LogP contribution is -2.43. The molecular weight excluding hydrogens is 337 g/mol. The van der Waals surface area contributed by atoms with E-state index < -0.39 is 0 Å². The molecule has 138 valence electrons. The first kappa shape index (κ1) is 17.2. The first-order chi connectivity index (χ1) is 12.7. The third-order valence-corrected chi connectivity index (χ3v) is 4.94. The molecule has 1 saturated heterocycles. The number of nitrogens with one attached hydrogen (secondary N) is 1. The Morgan fingerprint density at radius 3 is 2.69 bits per heavy atom. The number of carbonyl (C=O) groups excluding carboxylic acids is 1. The van der Waals surface area contributed by atoms with Gasteiger partial charge in [0.2, 0.25) is 0 Å². The molecule has 1 amide bonds. The first-order valence-electron chi connectivity index (χ1n) is 9.03. The summed E-state index contributed by atoms with van der Waals surface area (Å²) in [6.45, 7) is 3.26. The Bertz CT molecular complexity index is 752. The average Bonchev–Trinajstić information content (AvgIpc) is 3.40. The highest BCUT2D eigenvalue weighted by Crippen LogP contribution is 2.40. The van der Waals surface area contributed by atoms with Crippen molar-refractivity contribution in [3.8, 4) is 0 Å². The Balaban J connectivity index is 1.44. The van der Waals surface area contributed by atoms with Crippen LogP contribution in [-0.4, -0.2) is 48.8 Å². The van der Waals surface area contributed by atoms with Crippen LogP contribution in [0, 0.1) is 5.82 Å². The normalized spacial score (nSPS) is 19.3. The highest BCUT2D eigenvalue weighted by atomic mass is 19.1. The summed E-state index contributed by atoms with van der Waals surface area (Å²) in [4.78, 5) is 14.7. The Labute approximate surface area is 151 Å². The quantitative estimate of drug-likeness (QED) is 0.858. The van der Waals surface area contributed by atoms with Crippen molar-refractivity contribution in [1.29, 1.82) is 0 Å². The van der Waals surface area contributed by atoms with Crippen LogP contribution in [0.2, 0.25) is 0 Å². The van der Waals surface area contributed by atoms with Crippen molar-refractivity contribution < 1.29 is 18.4 Å². The Morgan fingerprint density at radius 2 is 2.00 bits per heavy atom. The highest BCUT2D eigenvalue weighted by Gasteiger charge is 2.29. The molecule has 1 atom stereocenters. The van der Waals surface area contributed by atoms with E-state index in [9.17, 15) is 9.18 Å². The molecule has 0 bridgehead atoms. The van der Waals surface area contributed by atoms with Gasteiger partial charge in [0.25, 0.3) is 5.91 Å². The number of hydrogen-bond donors (Lipinski definition) is 1. The zero-order valence-electron chi connectivity index (χ0n) is 14.5. The number of halogens is 1. The second kappa shape index (κ2) is 7.55. The molecule has 6 nitrogen and oxygen atoms in total.